The van der Waals surface area contributed by atoms with E-state index in [0.717, 1.165) is 11.3 Å². The third kappa shape index (κ3) is 4.49. The smallest absolute Gasteiger partial charge is 0.295 e. The molecule has 1 amide bonds. The van der Waals surface area contributed by atoms with Gasteiger partial charge in [-0.15, -0.1) is 5.10 Å². The molecule has 1 aliphatic rings. The molecule has 11 heteroatoms. The van der Waals surface area contributed by atoms with Gasteiger partial charge in [0.15, 0.2) is 0 Å². The Morgan fingerprint density at radius 2 is 2.07 bits per heavy atom. The summed E-state index contributed by atoms with van der Waals surface area (Å²) >= 11 is 7.07. The highest BCUT2D eigenvalue weighted by Gasteiger charge is 2.44. The molecule has 156 valence electrons. The normalized spacial score (nSPS) is 14.3. The number of hydrogen-bond donors (Lipinski definition) is 1. The number of carbonyl (C=O) groups is 1. The summed E-state index contributed by atoms with van der Waals surface area (Å²) in [5, 5.41) is 11.1. The number of alkyl halides is 1. The highest BCUT2D eigenvalue weighted by Crippen LogP contribution is 2.40. The molecular formula is C19H17ClFN5O3S. The first-order valence-corrected chi connectivity index (χ1v) is 10.2. The quantitative estimate of drug-likeness (QED) is 0.542. The second kappa shape index (κ2) is 8.11. The summed E-state index contributed by atoms with van der Waals surface area (Å²) in [7, 11) is 1.51. The van der Waals surface area contributed by atoms with Crippen molar-refractivity contribution in [1.29, 1.82) is 0 Å². The van der Waals surface area contributed by atoms with Crippen LogP contribution in [0.15, 0.2) is 24.5 Å². The highest BCUT2D eigenvalue weighted by molar-refractivity contribution is 7.17. The molecule has 0 bridgehead atoms. The molecule has 3 heterocycles. The third-order valence-electron chi connectivity index (χ3n) is 4.50. The Balaban J connectivity index is 1.58. The van der Waals surface area contributed by atoms with Gasteiger partial charge in [-0.1, -0.05) is 16.7 Å². The lowest BCUT2D eigenvalue weighted by molar-refractivity contribution is 0.102. The summed E-state index contributed by atoms with van der Waals surface area (Å²) in [5.74, 6) is 0.0187. The van der Waals surface area contributed by atoms with E-state index in [-0.39, 0.29) is 22.1 Å². The molecule has 30 heavy (non-hydrogen) atoms. The van der Waals surface area contributed by atoms with Crippen molar-refractivity contribution in [3.8, 4) is 22.1 Å². The summed E-state index contributed by atoms with van der Waals surface area (Å²) in [6.45, 7) is 1.75. The van der Waals surface area contributed by atoms with Crippen molar-refractivity contribution in [3.63, 3.8) is 0 Å². The van der Waals surface area contributed by atoms with Crippen molar-refractivity contribution in [2.24, 2.45) is 0 Å². The van der Waals surface area contributed by atoms with Gasteiger partial charge in [-0.3, -0.25) is 15.1 Å². The summed E-state index contributed by atoms with van der Waals surface area (Å²) in [6, 6.07) is 3.38. The maximum atomic E-state index is 13.7. The second-order valence-corrected chi connectivity index (χ2v) is 8.17. The zero-order valence-electron chi connectivity index (χ0n) is 16.1. The molecule has 0 radical (unpaired) electrons. The molecule has 0 unspecified atom stereocenters. The number of nitrogens with one attached hydrogen (secondary N) is 1. The number of methoxy groups -OCH3 is 1. The van der Waals surface area contributed by atoms with Crippen LogP contribution in [0.2, 0.25) is 5.15 Å². The van der Waals surface area contributed by atoms with Crippen LogP contribution in [0.3, 0.4) is 0 Å². The van der Waals surface area contributed by atoms with Crippen molar-refractivity contribution in [2.75, 3.05) is 19.0 Å². The van der Waals surface area contributed by atoms with E-state index >= 15 is 0 Å². The first kappa shape index (κ1) is 20.4. The van der Waals surface area contributed by atoms with Crippen molar-refractivity contribution in [3.05, 3.63) is 40.9 Å². The minimum atomic E-state index is -1.26. The zero-order valence-corrected chi connectivity index (χ0v) is 17.7. The van der Waals surface area contributed by atoms with E-state index in [0.29, 0.717) is 41.0 Å². The molecule has 3 aromatic heterocycles. The molecule has 8 nitrogen and oxygen atoms in total. The van der Waals surface area contributed by atoms with Gasteiger partial charge in [0.05, 0.1) is 18.9 Å². The summed E-state index contributed by atoms with van der Waals surface area (Å²) in [5.41, 5.74) is 0.924. The number of pyridine rings is 2. The van der Waals surface area contributed by atoms with Crippen LogP contribution in [-0.4, -0.2) is 45.5 Å². The fraction of sp³-hybridized carbons (Fsp3) is 0.316. The number of anilines is 1. The number of halogens is 2. The zero-order chi connectivity index (χ0) is 21.3. The molecule has 0 aliphatic heterocycles. The van der Waals surface area contributed by atoms with Crippen molar-refractivity contribution < 1.29 is 18.7 Å². The van der Waals surface area contributed by atoms with Crippen LogP contribution in [0.5, 0.6) is 10.9 Å². The van der Waals surface area contributed by atoms with E-state index < -0.39 is 11.6 Å². The topological polar surface area (TPSA) is 99.1 Å². The van der Waals surface area contributed by atoms with Gasteiger partial charge in [0.1, 0.15) is 23.2 Å². The first-order chi connectivity index (χ1) is 14.4. The lowest BCUT2D eigenvalue weighted by Crippen LogP contribution is -2.14. The van der Waals surface area contributed by atoms with Crippen LogP contribution in [0, 0.1) is 6.92 Å². The SMILES string of the molecule is COc1cnc(Cl)cc1-c1cc(C)ncc1C(=O)Nc1nnc(OCC2(F)CC2)s1. The molecule has 1 N–H and O–H groups in total. The van der Waals surface area contributed by atoms with Crippen LogP contribution in [0.4, 0.5) is 9.52 Å². The molecule has 0 saturated heterocycles. The maximum Gasteiger partial charge on any atom is 0.295 e. The number of ether oxygens (including phenoxy) is 2. The van der Waals surface area contributed by atoms with Gasteiger partial charge in [-0.25, -0.2) is 9.37 Å². The average molecular weight is 450 g/mol. The molecular weight excluding hydrogens is 433 g/mol. The Kier molecular flexibility index (Phi) is 5.52. The van der Waals surface area contributed by atoms with Crippen molar-refractivity contribution >= 4 is 34.0 Å². The van der Waals surface area contributed by atoms with Gasteiger partial charge in [0.25, 0.3) is 11.1 Å². The molecule has 0 spiro atoms. The van der Waals surface area contributed by atoms with E-state index in [2.05, 4.69) is 25.5 Å². The third-order valence-corrected chi connectivity index (χ3v) is 5.46. The van der Waals surface area contributed by atoms with Gasteiger partial charge < -0.3 is 9.47 Å². The molecule has 0 aromatic carbocycles. The Morgan fingerprint density at radius 1 is 1.27 bits per heavy atom. The lowest BCUT2D eigenvalue weighted by atomic mass is 10.0. The molecule has 1 saturated carbocycles. The Bertz CT molecular complexity index is 1110. The summed E-state index contributed by atoms with van der Waals surface area (Å²) in [6.07, 6.45) is 3.93. The van der Waals surface area contributed by atoms with Crippen LogP contribution in [0.25, 0.3) is 11.1 Å². The lowest BCUT2D eigenvalue weighted by Gasteiger charge is -2.13. The Morgan fingerprint density at radius 3 is 2.80 bits per heavy atom. The minimum Gasteiger partial charge on any atom is -0.494 e. The van der Waals surface area contributed by atoms with Gasteiger partial charge in [0, 0.05) is 23.0 Å². The largest absolute Gasteiger partial charge is 0.494 e. The highest BCUT2D eigenvalue weighted by atomic mass is 35.5. The van der Waals surface area contributed by atoms with E-state index in [4.69, 9.17) is 21.1 Å². The number of nitrogens with zero attached hydrogens (tertiary/aromatic N) is 4. The standard InChI is InChI=1S/C19H17ClFN5O3S/c1-10-5-11(12-6-15(20)23-8-14(12)28-2)13(7-22-10)16(27)24-17-25-26-18(30-17)29-9-19(21)3-4-19/h5-8H,3-4,9H2,1-2H3,(H,24,25,27). The van der Waals surface area contributed by atoms with Crippen molar-refractivity contribution in [1.82, 2.24) is 20.2 Å². The average Bonchev–Trinajstić information content (AvgIpc) is 3.29. The van der Waals surface area contributed by atoms with E-state index in [1.165, 1.54) is 19.5 Å². The van der Waals surface area contributed by atoms with Gasteiger partial charge in [-0.2, -0.15) is 0 Å². The molecule has 4 rings (SSSR count). The number of aromatic nitrogens is 4. The second-order valence-electron chi connectivity index (χ2n) is 6.85. The monoisotopic (exact) mass is 449 g/mol. The number of aryl methyl sites for hydroxylation is 1. The number of hydrogen-bond acceptors (Lipinski definition) is 8. The van der Waals surface area contributed by atoms with Gasteiger partial charge in [0.2, 0.25) is 5.13 Å². The maximum absolute atomic E-state index is 13.7. The summed E-state index contributed by atoms with van der Waals surface area (Å²) in [4.78, 5) is 21.2. The predicted molar refractivity (Wildman–Crippen MR) is 110 cm³/mol. The van der Waals surface area contributed by atoms with E-state index in [1.54, 1.807) is 12.1 Å². The Hall–Kier alpha value is -2.85. The fourth-order valence-electron chi connectivity index (χ4n) is 2.71. The predicted octanol–water partition coefficient (Wildman–Crippen LogP) is 4.10. The van der Waals surface area contributed by atoms with E-state index in [1.807, 2.05) is 6.92 Å². The van der Waals surface area contributed by atoms with Crippen LogP contribution < -0.4 is 14.8 Å². The molecule has 3 aromatic rings. The number of rotatable bonds is 7. The minimum absolute atomic E-state index is 0.0653. The van der Waals surface area contributed by atoms with Crippen LogP contribution in [0.1, 0.15) is 28.9 Å². The number of amides is 1. The van der Waals surface area contributed by atoms with Gasteiger partial charge >= 0.3 is 0 Å². The van der Waals surface area contributed by atoms with Crippen LogP contribution >= 0.6 is 22.9 Å². The molecule has 1 fully saturated rings. The molecule has 0 atom stereocenters. The van der Waals surface area contributed by atoms with Crippen LogP contribution in [-0.2, 0) is 0 Å². The van der Waals surface area contributed by atoms with Gasteiger partial charge in [-0.05, 0) is 43.2 Å². The fourth-order valence-corrected chi connectivity index (χ4v) is 3.46. The Labute approximate surface area is 180 Å². The first-order valence-electron chi connectivity index (χ1n) is 9.00. The molecule has 1 aliphatic carbocycles. The van der Waals surface area contributed by atoms with Crippen molar-refractivity contribution in [2.45, 2.75) is 25.4 Å². The number of carbonyl (C=O) groups excluding carboxylic acids is 1. The van der Waals surface area contributed by atoms with E-state index in [9.17, 15) is 9.18 Å². The summed E-state index contributed by atoms with van der Waals surface area (Å²) < 4.78 is 24.4.